The molecular formula is C20H27NO4S. The average Bonchev–Trinajstić information content (AvgIpc) is 2.63. The number of hydrogen-bond donors (Lipinski definition) is 1. The second-order valence-electron chi connectivity index (χ2n) is 6.29. The van der Waals surface area contributed by atoms with E-state index in [-0.39, 0.29) is 4.90 Å². The Kier molecular flexibility index (Phi) is 7.06. The van der Waals surface area contributed by atoms with Crippen LogP contribution in [0.25, 0.3) is 0 Å². The smallest absolute Gasteiger partial charge is 0.240 e. The lowest BCUT2D eigenvalue weighted by molar-refractivity contribution is 0.310. The van der Waals surface area contributed by atoms with Crippen molar-refractivity contribution in [2.24, 2.45) is 0 Å². The standard InChI is InChI=1S/C20H27NO4S/c1-5-25-19-11-6-16(14-20(19)24-4)12-13-21-26(22,23)18-9-7-17(8-10-18)15(2)3/h6-11,14-15,21H,5,12-13H2,1-4H3. The molecule has 2 aromatic carbocycles. The minimum atomic E-state index is -3.51. The van der Waals surface area contributed by atoms with Crippen molar-refractivity contribution in [2.75, 3.05) is 20.3 Å². The van der Waals surface area contributed by atoms with Gasteiger partial charge in [0.25, 0.3) is 0 Å². The lowest BCUT2D eigenvalue weighted by atomic mass is 10.0. The van der Waals surface area contributed by atoms with Crippen molar-refractivity contribution in [2.45, 2.75) is 38.0 Å². The molecule has 0 bridgehead atoms. The van der Waals surface area contributed by atoms with Gasteiger partial charge in [-0.05, 0) is 54.7 Å². The molecule has 0 aromatic heterocycles. The van der Waals surface area contributed by atoms with Crippen molar-refractivity contribution in [1.82, 2.24) is 4.72 Å². The number of nitrogens with one attached hydrogen (secondary N) is 1. The SMILES string of the molecule is CCOc1ccc(CCNS(=O)(=O)c2ccc(C(C)C)cc2)cc1OC. The first-order chi connectivity index (χ1) is 12.4. The van der Waals surface area contributed by atoms with Crippen molar-refractivity contribution in [3.8, 4) is 11.5 Å². The van der Waals surface area contributed by atoms with Gasteiger partial charge in [0.1, 0.15) is 0 Å². The van der Waals surface area contributed by atoms with E-state index in [1.807, 2.05) is 37.3 Å². The van der Waals surface area contributed by atoms with Gasteiger partial charge in [-0.3, -0.25) is 0 Å². The summed E-state index contributed by atoms with van der Waals surface area (Å²) in [5, 5.41) is 0. The molecule has 0 aliphatic heterocycles. The molecule has 26 heavy (non-hydrogen) atoms. The highest BCUT2D eigenvalue weighted by Crippen LogP contribution is 2.28. The van der Waals surface area contributed by atoms with Crippen LogP contribution in [0.5, 0.6) is 11.5 Å². The molecule has 2 rings (SSSR count). The Bertz CT molecular complexity index is 814. The monoisotopic (exact) mass is 377 g/mol. The van der Waals surface area contributed by atoms with Crippen LogP contribution in [0.4, 0.5) is 0 Å². The number of hydrogen-bond acceptors (Lipinski definition) is 4. The Balaban J connectivity index is 1.99. The van der Waals surface area contributed by atoms with E-state index in [2.05, 4.69) is 18.6 Å². The van der Waals surface area contributed by atoms with E-state index < -0.39 is 10.0 Å². The summed E-state index contributed by atoms with van der Waals surface area (Å²) in [5.74, 6) is 1.70. The fourth-order valence-electron chi connectivity index (χ4n) is 2.59. The van der Waals surface area contributed by atoms with Crippen LogP contribution in [0, 0.1) is 0 Å². The number of rotatable bonds is 9. The third-order valence-corrected chi connectivity index (χ3v) is 5.57. The summed E-state index contributed by atoms with van der Waals surface area (Å²) in [4.78, 5) is 0.283. The maximum atomic E-state index is 12.4. The highest BCUT2D eigenvalue weighted by atomic mass is 32.2. The van der Waals surface area contributed by atoms with Gasteiger partial charge in [0.2, 0.25) is 10.0 Å². The quantitative estimate of drug-likeness (QED) is 0.723. The number of sulfonamides is 1. The zero-order chi connectivity index (χ0) is 19.2. The summed E-state index contributed by atoms with van der Waals surface area (Å²) < 4.78 is 38.3. The normalized spacial score (nSPS) is 11.6. The van der Waals surface area contributed by atoms with E-state index >= 15 is 0 Å². The number of methoxy groups -OCH3 is 1. The second kappa shape index (κ2) is 9.05. The van der Waals surface area contributed by atoms with Crippen molar-refractivity contribution in [3.05, 3.63) is 53.6 Å². The second-order valence-corrected chi connectivity index (χ2v) is 8.06. The minimum Gasteiger partial charge on any atom is -0.493 e. The summed E-state index contributed by atoms with van der Waals surface area (Å²) in [7, 11) is -1.92. The summed E-state index contributed by atoms with van der Waals surface area (Å²) in [6.07, 6.45) is 0.562. The van der Waals surface area contributed by atoms with Crippen molar-refractivity contribution in [3.63, 3.8) is 0 Å². The largest absolute Gasteiger partial charge is 0.493 e. The predicted octanol–water partition coefficient (Wildman–Crippen LogP) is 3.74. The number of ether oxygens (including phenoxy) is 2. The fraction of sp³-hybridized carbons (Fsp3) is 0.400. The Hall–Kier alpha value is -2.05. The average molecular weight is 378 g/mol. The first kappa shape index (κ1) is 20.3. The lowest BCUT2D eigenvalue weighted by Crippen LogP contribution is -2.26. The molecule has 2 aromatic rings. The topological polar surface area (TPSA) is 64.6 Å². The molecule has 0 saturated heterocycles. The minimum absolute atomic E-state index is 0.283. The molecule has 142 valence electrons. The molecule has 0 aliphatic rings. The highest BCUT2D eigenvalue weighted by molar-refractivity contribution is 7.89. The van der Waals surface area contributed by atoms with Crippen LogP contribution in [-0.4, -0.2) is 28.7 Å². The van der Waals surface area contributed by atoms with Gasteiger partial charge in [0.05, 0.1) is 18.6 Å². The van der Waals surface area contributed by atoms with E-state index in [1.54, 1.807) is 19.2 Å². The third kappa shape index (κ3) is 5.22. The Labute approximate surface area is 156 Å². The summed E-state index contributed by atoms with van der Waals surface area (Å²) in [5.41, 5.74) is 2.09. The van der Waals surface area contributed by atoms with Crippen LogP contribution in [0.2, 0.25) is 0 Å². The molecule has 0 fully saturated rings. The van der Waals surface area contributed by atoms with Gasteiger partial charge in [0, 0.05) is 6.54 Å². The van der Waals surface area contributed by atoms with Crippen LogP contribution in [-0.2, 0) is 16.4 Å². The van der Waals surface area contributed by atoms with Gasteiger partial charge < -0.3 is 9.47 Å². The first-order valence-corrected chi connectivity index (χ1v) is 10.2. The van der Waals surface area contributed by atoms with E-state index in [9.17, 15) is 8.42 Å². The van der Waals surface area contributed by atoms with Gasteiger partial charge in [0.15, 0.2) is 11.5 Å². The van der Waals surface area contributed by atoms with Gasteiger partial charge >= 0.3 is 0 Å². The molecule has 0 unspecified atom stereocenters. The third-order valence-electron chi connectivity index (χ3n) is 4.09. The molecule has 0 spiro atoms. The molecule has 0 radical (unpaired) electrons. The van der Waals surface area contributed by atoms with Crippen LogP contribution >= 0.6 is 0 Å². The lowest BCUT2D eigenvalue weighted by Gasteiger charge is -2.12. The summed E-state index contributed by atoms with van der Waals surface area (Å²) in [6, 6.07) is 12.6. The van der Waals surface area contributed by atoms with Crippen molar-refractivity contribution < 1.29 is 17.9 Å². The maximum absolute atomic E-state index is 12.4. The first-order valence-electron chi connectivity index (χ1n) is 8.76. The van der Waals surface area contributed by atoms with E-state index in [0.29, 0.717) is 37.0 Å². The fourth-order valence-corrected chi connectivity index (χ4v) is 3.62. The molecule has 0 amide bonds. The molecule has 0 saturated carbocycles. The van der Waals surface area contributed by atoms with Gasteiger partial charge in [-0.15, -0.1) is 0 Å². The summed E-state index contributed by atoms with van der Waals surface area (Å²) in [6.45, 7) is 6.94. The zero-order valence-electron chi connectivity index (χ0n) is 15.8. The molecule has 0 atom stereocenters. The molecular weight excluding hydrogens is 350 g/mol. The summed E-state index contributed by atoms with van der Waals surface area (Å²) >= 11 is 0. The van der Waals surface area contributed by atoms with Gasteiger partial charge in [-0.25, -0.2) is 13.1 Å². The molecule has 0 heterocycles. The Morgan fingerprint density at radius 1 is 1.04 bits per heavy atom. The molecule has 6 heteroatoms. The molecule has 5 nitrogen and oxygen atoms in total. The van der Waals surface area contributed by atoms with Gasteiger partial charge in [-0.2, -0.15) is 0 Å². The van der Waals surface area contributed by atoms with E-state index in [0.717, 1.165) is 11.1 Å². The van der Waals surface area contributed by atoms with Crippen LogP contribution < -0.4 is 14.2 Å². The highest BCUT2D eigenvalue weighted by Gasteiger charge is 2.14. The van der Waals surface area contributed by atoms with Crippen LogP contribution in [0.15, 0.2) is 47.4 Å². The number of benzene rings is 2. The molecule has 1 N–H and O–H groups in total. The van der Waals surface area contributed by atoms with E-state index in [1.165, 1.54) is 0 Å². The molecule has 0 aliphatic carbocycles. The Morgan fingerprint density at radius 3 is 2.31 bits per heavy atom. The zero-order valence-corrected chi connectivity index (χ0v) is 16.6. The van der Waals surface area contributed by atoms with Crippen molar-refractivity contribution >= 4 is 10.0 Å². The predicted molar refractivity (Wildman–Crippen MR) is 104 cm³/mol. The Morgan fingerprint density at radius 2 is 1.73 bits per heavy atom. The van der Waals surface area contributed by atoms with Crippen LogP contribution in [0.1, 0.15) is 37.8 Å². The van der Waals surface area contributed by atoms with E-state index in [4.69, 9.17) is 9.47 Å². The van der Waals surface area contributed by atoms with Crippen molar-refractivity contribution in [1.29, 1.82) is 0 Å². The van der Waals surface area contributed by atoms with Gasteiger partial charge in [-0.1, -0.05) is 32.0 Å². The van der Waals surface area contributed by atoms with Crippen LogP contribution in [0.3, 0.4) is 0 Å². The maximum Gasteiger partial charge on any atom is 0.240 e.